The zero-order chi connectivity index (χ0) is 14.5. The quantitative estimate of drug-likeness (QED) is 0.511. The summed E-state index contributed by atoms with van der Waals surface area (Å²) in [7, 11) is 0. The fourth-order valence-corrected chi connectivity index (χ4v) is 2.70. The number of nitrogens with zero attached hydrogens (tertiary/aromatic N) is 1. The highest BCUT2D eigenvalue weighted by Crippen LogP contribution is 2.29. The van der Waals surface area contributed by atoms with Crippen molar-refractivity contribution in [1.82, 2.24) is 0 Å². The molecule has 0 unspecified atom stereocenters. The molecule has 0 aromatic heterocycles. The molecule has 3 rings (SSSR count). The van der Waals surface area contributed by atoms with Gasteiger partial charge in [-0.2, -0.15) is 0 Å². The second kappa shape index (κ2) is 6.53. The third-order valence-corrected chi connectivity index (χ3v) is 3.91. The van der Waals surface area contributed by atoms with E-state index in [1.54, 1.807) is 0 Å². The molecular formula is C20H21N. The van der Waals surface area contributed by atoms with Crippen LogP contribution in [0.2, 0.25) is 0 Å². The van der Waals surface area contributed by atoms with Gasteiger partial charge >= 0.3 is 0 Å². The fraction of sp³-hybridized carbons (Fsp3) is 0.250. The molecule has 0 atom stereocenters. The highest BCUT2D eigenvalue weighted by atomic mass is 14.7. The van der Waals surface area contributed by atoms with Gasteiger partial charge in [0.25, 0.3) is 0 Å². The zero-order valence-electron chi connectivity index (χ0n) is 12.5. The van der Waals surface area contributed by atoms with E-state index < -0.39 is 0 Å². The van der Waals surface area contributed by atoms with E-state index in [-0.39, 0.29) is 0 Å². The van der Waals surface area contributed by atoms with Gasteiger partial charge in [0.15, 0.2) is 0 Å². The summed E-state index contributed by atoms with van der Waals surface area (Å²) >= 11 is 0. The molecule has 1 aliphatic carbocycles. The third-order valence-electron chi connectivity index (χ3n) is 3.91. The lowest BCUT2D eigenvalue weighted by Crippen LogP contribution is -1.93. The number of fused-ring (bicyclic) bond motifs is 1. The highest BCUT2D eigenvalue weighted by Gasteiger charge is 2.09. The number of aliphatic imine (C=N–C) groups is 1. The van der Waals surface area contributed by atoms with Crippen LogP contribution in [-0.4, -0.2) is 12.8 Å². The Morgan fingerprint density at radius 1 is 1.14 bits per heavy atom. The van der Waals surface area contributed by atoms with Crippen LogP contribution in [0, 0.1) is 0 Å². The fourth-order valence-electron chi connectivity index (χ4n) is 2.70. The topological polar surface area (TPSA) is 12.4 Å². The van der Waals surface area contributed by atoms with E-state index in [1.807, 2.05) is 0 Å². The van der Waals surface area contributed by atoms with Crippen LogP contribution in [0.3, 0.4) is 0 Å². The molecule has 106 valence electrons. The summed E-state index contributed by atoms with van der Waals surface area (Å²) in [4.78, 5) is 4.60. The summed E-state index contributed by atoms with van der Waals surface area (Å²) < 4.78 is 0. The normalized spacial score (nSPS) is 14.2. The van der Waals surface area contributed by atoms with Gasteiger partial charge in [0, 0.05) is 18.3 Å². The first-order chi connectivity index (χ1) is 10.4. The van der Waals surface area contributed by atoms with Gasteiger partial charge in [-0.3, -0.25) is 4.99 Å². The Hall–Kier alpha value is -2.15. The lowest BCUT2D eigenvalue weighted by molar-refractivity contribution is 0.810. The maximum absolute atomic E-state index is 4.60. The summed E-state index contributed by atoms with van der Waals surface area (Å²) in [5.74, 6) is 0. The summed E-state index contributed by atoms with van der Waals surface area (Å²) in [6, 6.07) is 13.1. The minimum Gasteiger partial charge on any atom is -0.293 e. The molecule has 0 saturated carbocycles. The molecule has 0 aliphatic heterocycles. The molecule has 21 heavy (non-hydrogen) atoms. The first-order valence-electron chi connectivity index (χ1n) is 7.77. The lowest BCUT2D eigenvalue weighted by Gasteiger charge is -2.10. The van der Waals surface area contributed by atoms with Crippen LogP contribution in [0.5, 0.6) is 0 Å². The van der Waals surface area contributed by atoms with Crippen LogP contribution >= 0.6 is 0 Å². The molecule has 0 fully saturated rings. The standard InChI is InChI=1S/C20H21N/c1-2-3-12-21-15-19-13-17-10-6-7-11-18(17)14-20(19)16-8-4-5-9-16/h4-8,10-11,13-15H,2-3,9,12H2,1H3. The molecular weight excluding hydrogens is 254 g/mol. The second-order valence-electron chi connectivity index (χ2n) is 5.50. The number of unbranched alkanes of at least 4 members (excludes halogenated alkanes) is 1. The number of hydrogen-bond donors (Lipinski definition) is 0. The smallest absolute Gasteiger partial charge is 0.0389 e. The zero-order valence-corrected chi connectivity index (χ0v) is 12.5. The molecule has 0 radical (unpaired) electrons. The minimum atomic E-state index is 0.917. The van der Waals surface area contributed by atoms with E-state index >= 15 is 0 Å². The van der Waals surface area contributed by atoms with Crippen LogP contribution in [0.15, 0.2) is 59.6 Å². The molecule has 0 bridgehead atoms. The summed E-state index contributed by atoms with van der Waals surface area (Å²) in [5.41, 5.74) is 3.94. The Kier molecular flexibility index (Phi) is 4.30. The van der Waals surface area contributed by atoms with Crippen LogP contribution in [-0.2, 0) is 0 Å². The van der Waals surface area contributed by atoms with Gasteiger partial charge in [0.05, 0.1) is 0 Å². The van der Waals surface area contributed by atoms with Gasteiger partial charge < -0.3 is 0 Å². The lowest BCUT2D eigenvalue weighted by atomic mass is 9.95. The molecule has 0 N–H and O–H groups in total. The molecule has 0 saturated heterocycles. The number of allylic oxidation sites excluding steroid dienone is 4. The van der Waals surface area contributed by atoms with Crippen molar-refractivity contribution < 1.29 is 0 Å². The van der Waals surface area contributed by atoms with Crippen molar-refractivity contribution >= 4 is 22.6 Å². The Bertz CT molecular complexity index is 720. The van der Waals surface area contributed by atoms with Gasteiger partial charge in [-0.15, -0.1) is 0 Å². The predicted octanol–water partition coefficient (Wildman–Crippen LogP) is 5.40. The summed E-state index contributed by atoms with van der Waals surface area (Å²) in [6.07, 6.45) is 12.0. The number of rotatable bonds is 5. The monoisotopic (exact) mass is 275 g/mol. The van der Waals surface area contributed by atoms with Crippen LogP contribution in [0.4, 0.5) is 0 Å². The molecule has 0 heterocycles. The van der Waals surface area contributed by atoms with E-state index in [0.717, 1.165) is 19.4 Å². The van der Waals surface area contributed by atoms with Crippen molar-refractivity contribution in [1.29, 1.82) is 0 Å². The van der Waals surface area contributed by atoms with Crippen LogP contribution in [0.25, 0.3) is 16.3 Å². The average Bonchev–Trinajstić information content (AvgIpc) is 3.05. The maximum Gasteiger partial charge on any atom is 0.0389 e. The van der Waals surface area contributed by atoms with E-state index in [4.69, 9.17) is 0 Å². The second-order valence-corrected chi connectivity index (χ2v) is 5.50. The maximum atomic E-state index is 4.60. The molecule has 0 amide bonds. The Morgan fingerprint density at radius 3 is 2.67 bits per heavy atom. The largest absolute Gasteiger partial charge is 0.293 e. The van der Waals surface area contributed by atoms with Crippen molar-refractivity contribution in [3.05, 3.63) is 65.8 Å². The van der Waals surface area contributed by atoms with E-state index in [1.165, 1.54) is 33.9 Å². The Labute approximate surface area is 126 Å². The molecule has 2 aromatic carbocycles. The van der Waals surface area contributed by atoms with Crippen LogP contribution in [0.1, 0.15) is 37.3 Å². The molecule has 2 aromatic rings. The first-order valence-corrected chi connectivity index (χ1v) is 7.77. The highest BCUT2D eigenvalue weighted by molar-refractivity contribution is 5.97. The Balaban J connectivity index is 2.02. The van der Waals surface area contributed by atoms with Gasteiger partial charge in [-0.25, -0.2) is 0 Å². The van der Waals surface area contributed by atoms with E-state index in [0.29, 0.717) is 0 Å². The van der Waals surface area contributed by atoms with Gasteiger partial charge in [-0.05, 0) is 46.9 Å². The van der Waals surface area contributed by atoms with Crippen LogP contribution < -0.4 is 0 Å². The third kappa shape index (κ3) is 3.13. The minimum absolute atomic E-state index is 0.917. The SMILES string of the molecule is CCCCN=Cc1cc2ccccc2cc1C1=CC=CC1. The summed E-state index contributed by atoms with van der Waals surface area (Å²) in [5, 5.41) is 2.58. The Morgan fingerprint density at radius 2 is 1.95 bits per heavy atom. The number of benzene rings is 2. The predicted molar refractivity (Wildman–Crippen MR) is 93.1 cm³/mol. The molecule has 1 aliphatic rings. The van der Waals surface area contributed by atoms with E-state index in [9.17, 15) is 0 Å². The van der Waals surface area contributed by atoms with Crippen molar-refractivity contribution in [2.75, 3.05) is 6.54 Å². The van der Waals surface area contributed by atoms with Gasteiger partial charge in [0.1, 0.15) is 0 Å². The summed E-state index contributed by atoms with van der Waals surface area (Å²) in [6.45, 7) is 3.12. The van der Waals surface area contributed by atoms with Crippen molar-refractivity contribution in [3.63, 3.8) is 0 Å². The number of hydrogen-bond acceptors (Lipinski definition) is 1. The van der Waals surface area contributed by atoms with Gasteiger partial charge in [0.2, 0.25) is 0 Å². The molecule has 0 spiro atoms. The van der Waals surface area contributed by atoms with Gasteiger partial charge in [-0.1, -0.05) is 55.8 Å². The molecule has 1 nitrogen and oxygen atoms in total. The van der Waals surface area contributed by atoms with Crippen molar-refractivity contribution in [2.45, 2.75) is 26.2 Å². The average molecular weight is 275 g/mol. The first kappa shape index (κ1) is 13.8. The van der Waals surface area contributed by atoms with Crippen molar-refractivity contribution in [2.24, 2.45) is 4.99 Å². The van der Waals surface area contributed by atoms with E-state index in [2.05, 4.69) is 72.8 Å². The molecule has 1 heteroatoms. The van der Waals surface area contributed by atoms with Crippen molar-refractivity contribution in [3.8, 4) is 0 Å².